The summed E-state index contributed by atoms with van der Waals surface area (Å²) in [6, 6.07) is 0. The molecule has 2 saturated carbocycles. The second-order valence-corrected chi connectivity index (χ2v) is 13.0. The van der Waals surface area contributed by atoms with Crippen molar-refractivity contribution in [1.82, 2.24) is 0 Å². The summed E-state index contributed by atoms with van der Waals surface area (Å²) in [4.78, 5) is 0. The van der Waals surface area contributed by atoms with Gasteiger partial charge in [0.2, 0.25) is 0 Å². The van der Waals surface area contributed by atoms with E-state index >= 15 is 0 Å². The molecule has 0 saturated heterocycles. The van der Waals surface area contributed by atoms with Crippen LogP contribution in [0, 0.1) is 46.3 Å². The summed E-state index contributed by atoms with van der Waals surface area (Å²) >= 11 is 0. The molecule has 1 N–H and O–H groups in total. The van der Waals surface area contributed by atoms with Crippen LogP contribution in [-0.2, 0) is 0 Å². The molecule has 0 heterocycles. The lowest BCUT2D eigenvalue weighted by molar-refractivity contribution is -0.113. The lowest BCUT2D eigenvalue weighted by Gasteiger charge is -2.59. The van der Waals surface area contributed by atoms with E-state index in [1.165, 1.54) is 51.4 Å². The summed E-state index contributed by atoms with van der Waals surface area (Å²) in [7, 11) is 0. The van der Waals surface area contributed by atoms with Crippen LogP contribution >= 0.6 is 0 Å². The first kappa shape index (κ1) is 22.6. The molecule has 0 radical (unpaired) electrons. The molecule has 0 amide bonds. The van der Waals surface area contributed by atoms with E-state index in [1.54, 1.807) is 11.1 Å². The molecule has 0 aromatic heterocycles. The largest absolute Gasteiger partial charge is 0.390 e. The third-order valence-corrected chi connectivity index (χ3v) is 10.6. The van der Waals surface area contributed by atoms with Crippen LogP contribution in [0.1, 0.15) is 106 Å². The lowest BCUT2D eigenvalue weighted by atomic mass is 9.46. The van der Waals surface area contributed by atoms with Gasteiger partial charge in [-0.25, -0.2) is 0 Å². The molecule has 0 aromatic carbocycles. The van der Waals surface area contributed by atoms with Crippen molar-refractivity contribution >= 4 is 0 Å². The predicted molar refractivity (Wildman–Crippen MR) is 128 cm³/mol. The average molecular weight is 413 g/mol. The van der Waals surface area contributed by atoms with Crippen LogP contribution in [0.3, 0.4) is 0 Å². The monoisotopic (exact) mass is 412 g/mol. The minimum Gasteiger partial charge on any atom is -0.390 e. The summed E-state index contributed by atoms with van der Waals surface area (Å²) in [6.45, 7) is 16.8. The second kappa shape index (κ2) is 7.79. The minimum atomic E-state index is -0.484. The number of allylic oxidation sites excluding steroid dienone is 4. The number of hydrogen-bond acceptors (Lipinski definition) is 1. The summed E-state index contributed by atoms with van der Waals surface area (Å²) < 4.78 is 0. The van der Waals surface area contributed by atoms with Crippen molar-refractivity contribution < 1.29 is 5.11 Å². The Hall–Kier alpha value is -0.560. The SMILES string of the molecule is CC(C)CCC[C@@H](C)[C@H]1CC=C2C3=CCC4C[C@@](C)(O)C(C)C[C@]4(C)[C@H]3CC[C@@]21C. The molecule has 1 heteroatoms. The van der Waals surface area contributed by atoms with E-state index in [9.17, 15) is 5.11 Å². The van der Waals surface area contributed by atoms with Gasteiger partial charge >= 0.3 is 0 Å². The Bertz CT molecular complexity index is 712. The highest BCUT2D eigenvalue weighted by Crippen LogP contribution is 2.66. The molecule has 4 aliphatic carbocycles. The maximum Gasteiger partial charge on any atom is 0.0648 e. The highest BCUT2D eigenvalue weighted by atomic mass is 16.3. The van der Waals surface area contributed by atoms with E-state index in [-0.39, 0.29) is 0 Å². The first-order valence-corrected chi connectivity index (χ1v) is 13.1. The first-order valence-electron chi connectivity index (χ1n) is 13.1. The number of rotatable bonds is 5. The topological polar surface area (TPSA) is 20.2 Å². The fourth-order valence-corrected chi connectivity index (χ4v) is 8.37. The summed E-state index contributed by atoms with van der Waals surface area (Å²) in [5, 5.41) is 11.0. The zero-order chi connectivity index (χ0) is 21.9. The van der Waals surface area contributed by atoms with Gasteiger partial charge in [-0.1, -0.05) is 73.0 Å². The molecule has 0 spiro atoms. The van der Waals surface area contributed by atoms with Crippen LogP contribution in [-0.4, -0.2) is 10.7 Å². The van der Waals surface area contributed by atoms with Gasteiger partial charge in [-0.05, 0) is 103 Å². The molecule has 1 nitrogen and oxygen atoms in total. The Morgan fingerprint density at radius 1 is 1.03 bits per heavy atom. The molecule has 0 aliphatic heterocycles. The molecule has 4 rings (SSSR count). The predicted octanol–water partition coefficient (Wildman–Crippen LogP) is 7.94. The normalized spacial score (nSPS) is 46.6. The standard InChI is InChI=1S/C29H48O/c1-19(2)9-8-10-20(3)24-13-14-25-23-12-11-22-18-29(7,30)21(4)17-28(22,6)26(23)15-16-27(24,25)5/h12,14,19-22,24,26,30H,8-11,13,15-18H2,1-7H3/t20-,21?,22?,24-,26+,27-,28+,29-/m1/s1. The number of aliphatic hydroxyl groups is 1. The maximum atomic E-state index is 11.0. The smallest absolute Gasteiger partial charge is 0.0648 e. The van der Waals surface area contributed by atoms with E-state index in [1.807, 2.05) is 0 Å². The Balaban J connectivity index is 1.54. The van der Waals surface area contributed by atoms with Gasteiger partial charge in [0, 0.05) is 0 Å². The van der Waals surface area contributed by atoms with E-state index in [0.717, 1.165) is 24.2 Å². The maximum absolute atomic E-state index is 11.0. The van der Waals surface area contributed by atoms with Crippen molar-refractivity contribution in [3.05, 3.63) is 23.3 Å². The van der Waals surface area contributed by atoms with Crippen molar-refractivity contribution in [2.75, 3.05) is 0 Å². The van der Waals surface area contributed by atoms with Gasteiger partial charge in [-0.2, -0.15) is 0 Å². The molecule has 8 atom stereocenters. The second-order valence-electron chi connectivity index (χ2n) is 13.0. The Morgan fingerprint density at radius 3 is 2.47 bits per heavy atom. The van der Waals surface area contributed by atoms with Crippen LogP contribution in [0.15, 0.2) is 23.3 Å². The van der Waals surface area contributed by atoms with Gasteiger partial charge in [-0.3, -0.25) is 0 Å². The molecular formula is C29H48O. The molecule has 4 aliphatic rings. The molecule has 2 unspecified atom stereocenters. The van der Waals surface area contributed by atoms with Crippen molar-refractivity contribution in [2.45, 2.75) is 112 Å². The number of fused-ring (bicyclic) bond motifs is 5. The van der Waals surface area contributed by atoms with E-state index in [4.69, 9.17) is 0 Å². The first-order chi connectivity index (χ1) is 14.0. The molecule has 30 heavy (non-hydrogen) atoms. The van der Waals surface area contributed by atoms with Gasteiger partial charge in [0.25, 0.3) is 0 Å². The molecule has 0 aromatic rings. The van der Waals surface area contributed by atoms with Crippen LogP contribution < -0.4 is 0 Å². The summed E-state index contributed by atoms with van der Waals surface area (Å²) in [5.74, 6) is 4.26. The quantitative estimate of drug-likeness (QED) is 0.486. The number of hydrogen-bond donors (Lipinski definition) is 1. The van der Waals surface area contributed by atoms with Crippen LogP contribution in [0.4, 0.5) is 0 Å². The van der Waals surface area contributed by atoms with Crippen LogP contribution in [0.2, 0.25) is 0 Å². The van der Waals surface area contributed by atoms with E-state index in [0.29, 0.717) is 28.6 Å². The van der Waals surface area contributed by atoms with Crippen LogP contribution in [0.25, 0.3) is 0 Å². The Kier molecular flexibility index (Phi) is 5.87. The van der Waals surface area contributed by atoms with Gasteiger partial charge in [-0.15, -0.1) is 0 Å². The van der Waals surface area contributed by atoms with Gasteiger partial charge in [0.05, 0.1) is 5.60 Å². The molecule has 0 bridgehead atoms. The third-order valence-electron chi connectivity index (χ3n) is 10.6. The molecule has 170 valence electrons. The zero-order valence-electron chi connectivity index (χ0n) is 20.9. The van der Waals surface area contributed by atoms with Crippen molar-refractivity contribution in [3.63, 3.8) is 0 Å². The lowest BCUT2D eigenvalue weighted by Crippen LogP contribution is -2.53. The van der Waals surface area contributed by atoms with Crippen molar-refractivity contribution in [2.24, 2.45) is 46.3 Å². The summed E-state index contributed by atoms with van der Waals surface area (Å²) in [6.07, 6.45) is 16.8. The average Bonchev–Trinajstić information content (AvgIpc) is 3.00. The van der Waals surface area contributed by atoms with Crippen molar-refractivity contribution in [3.8, 4) is 0 Å². The van der Waals surface area contributed by atoms with E-state index < -0.39 is 5.60 Å². The Morgan fingerprint density at radius 2 is 1.77 bits per heavy atom. The zero-order valence-corrected chi connectivity index (χ0v) is 20.9. The van der Waals surface area contributed by atoms with Crippen molar-refractivity contribution in [1.29, 1.82) is 0 Å². The minimum absolute atomic E-state index is 0.370. The highest BCUT2D eigenvalue weighted by Gasteiger charge is 2.57. The fraction of sp³-hybridized carbons (Fsp3) is 0.862. The van der Waals surface area contributed by atoms with Gasteiger partial charge < -0.3 is 5.11 Å². The van der Waals surface area contributed by atoms with Gasteiger partial charge in [0.1, 0.15) is 0 Å². The fourth-order valence-electron chi connectivity index (χ4n) is 8.37. The van der Waals surface area contributed by atoms with Crippen LogP contribution in [0.5, 0.6) is 0 Å². The molecular weight excluding hydrogens is 364 g/mol. The van der Waals surface area contributed by atoms with Gasteiger partial charge in [0.15, 0.2) is 0 Å². The van der Waals surface area contributed by atoms with E-state index in [2.05, 4.69) is 60.6 Å². The Labute approximate surface area is 186 Å². The molecule has 2 fully saturated rings. The highest BCUT2D eigenvalue weighted by molar-refractivity contribution is 5.46. The summed E-state index contributed by atoms with van der Waals surface area (Å²) in [5.41, 5.74) is 3.75. The third kappa shape index (κ3) is 3.56.